The highest BCUT2D eigenvalue weighted by Crippen LogP contribution is 1.92. The second-order valence-corrected chi connectivity index (χ2v) is 2.56. The Morgan fingerprint density at radius 2 is 2.42 bits per heavy atom. The van der Waals surface area contributed by atoms with Gasteiger partial charge >= 0.3 is 0 Å². The normalized spacial score (nSPS) is 17.0. The lowest BCUT2D eigenvalue weighted by Crippen LogP contribution is -2.57. The van der Waals surface area contributed by atoms with Crippen molar-refractivity contribution in [1.29, 1.82) is 0 Å². The summed E-state index contributed by atoms with van der Waals surface area (Å²) in [5.74, 6) is -0.197. The van der Waals surface area contributed by atoms with Crippen LogP contribution in [-0.4, -0.2) is 45.7 Å². The Morgan fingerprint density at radius 3 is 2.92 bits per heavy atom. The molecule has 1 aliphatic heterocycles. The van der Waals surface area contributed by atoms with Crippen molar-refractivity contribution in [2.45, 2.75) is 6.04 Å². The first-order valence-corrected chi connectivity index (χ1v) is 3.61. The Balaban J connectivity index is 1.92. The highest BCUT2D eigenvalue weighted by atomic mass is 16.2. The van der Waals surface area contributed by atoms with Gasteiger partial charge in [0.2, 0.25) is 0 Å². The van der Waals surface area contributed by atoms with E-state index in [1.165, 1.54) is 0 Å². The number of aromatic amines is 1. The monoisotopic (exact) mass is 168 g/mol. The minimum Gasteiger partial charge on any atom is -0.344 e. The molecule has 1 amide bonds. The zero-order chi connectivity index (χ0) is 8.39. The molecule has 0 unspecified atom stereocenters. The van der Waals surface area contributed by atoms with Gasteiger partial charge in [0.15, 0.2) is 0 Å². The summed E-state index contributed by atoms with van der Waals surface area (Å²) in [6.45, 7) is 1.62. The molecule has 0 aliphatic carbocycles. The third-order valence-corrected chi connectivity index (χ3v) is 1.67. The number of aromatic nitrogens is 4. The number of carbonyl (C=O) groups is 1. The molecule has 64 valence electrons. The molecule has 1 aromatic heterocycles. The fourth-order valence-electron chi connectivity index (χ4n) is 0.899. The second-order valence-electron chi connectivity index (χ2n) is 2.56. The maximum absolute atomic E-state index is 11.2. The van der Waals surface area contributed by atoms with Gasteiger partial charge in [-0.05, 0) is 5.21 Å². The Kier molecular flexibility index (Phi) is 1.71. The zero-order valence-corrected chi connectivity index (χ0v) is 6.24. The van der Waals surface area contributed by atoms with Crippen molar-refractivity contribution in [2.24, 2.45) is 0 Å². The van der Waals surface area contributed by atoms with Gasteiger partial charge in [0.05, 0.1) is 6.04 Å². The van der Waals surface area contributed by atoms with E-state index in [4.69, 9.17) is 0 Å². The van der Waals surface area contributed by atoms with E-state index in [9.17, 15) is 4.79 Å². The van der Waals surface area contributed by atoms with Crippen LogP contribution in [0.4, 0.5) is 0 Å². The standard InChI is InChI=1S/C5H8N6O/c12-5(4-8-10-11-9-4)7-3-1-6-2-3/h3,6H,1-2H2,(H,7,12)(H,8,9,10,11). The molecule has 1 saturated heterocycles. The van der Waals surface area contributed by atoms with Crippen molar-refractivity contribution < 1.29 is 4.79 Å². The molecular weight excluding hydrogens is 160 g/mol. The van der Waals surface area contributed by atoms with Crippen molar-refractivity contribution in [2.75, 3.05) is 13.1 Å². The second kappa shape index (κ2) is 2.86. The minimum atomic E-state index is -0.282. The molecule has 0 bridgehead atoms. The van der Waals surface area contributed by atoms with E-state index in [0.717, 1.165) is 13.1 Å². The number of H-pyrrole nitrogens is 1. The highest BCUT2D eigenvalue weighted by molar-refractivity contribution is 5.90. The van der Waals surface area contributed by atoms with Crippen LogP contribution in [0, 0.1) is 0 Å². The maximum Gasteiger partial charge on any atom is 0.293 e. The molecule has 0 aromatic carbocycles. The molecule has 0 saturated carbocycles. The summed E-state index contributed by atoms with van der Waals surface area (Å²) in [4.78, 5) is 11.2. The first kappa shape index (κ1) is 7.17. The summed E-state index contributed by atoms with van der Waals surface area (Å²) in [5, 5.41) is 18.4. The van der Waals surface area contributed by atoms with Gasteiger partial charge < -0.3 is 10.6 Å². The lowest BCUT2D eigenvalue weighted by atomic mass is 10.2. The Hall–Kier alpha value is -1.50. The number of amides is 1. The van der Waals surface area contributed by atoms with Crippen molar-refractivity contribution in [1.82, 2.24) is 31.3 Å². The molecule has 1 aliphatic rings. The zero-order valence-electron chi connectivity index (χ0n) is 6.24. The van der Waals surface area contributed by atoms with Gasteiger partial charge in [-0.25, -0.2) is 0 Å². The first-order valence-electron chi connectivity index (χ1n) is 3.61. The van der Waals surface area contributed by atoms with Crippen LogP contribution in [0.2, 0.25) is 0 Å². The van der Waals surface area contributed by atoms with Gasteiger partial charge in [0, 0.05) is 13.1 Å². The van der Waals surface area contributed by atoms with Crippen LogP contribution in [0.15, 0.2) is 0 Å². The van der Waals surface area contributed by atoms with Crippen molar-refractivity contribution in [3.05, 3.63) is 5.82 Å². The summed E-state index contributed by atoms with van der Waals surface area (Å²) < 4.78 is 0. The largest absolute Gasteiger partial charge is 0.344 e. The summed E-state index contributed by atoms with van der Waals surface area (Å²) >= 11 is 0. The lowest BCUT2D eigenvalue weighted by Gasteiger charge is -2.27. The molecule has 2 rings (SSSR count). The van der Waals surface area contributed by atoms with E-state index in [1.807, 2.05) is 0 Å². The summed E-state index contributed by atoms with van der Waals surface area (Å²) in [5.41, 5.74) is 0. The summed E-state index contributed by atoms with van der Waals surface area (Å²) in [6.07, 6.45) is 0. The van der Waals surface area contributed by atoms with Crippen LogP contribution in [0.1, 0.15) is 10.6 Å². The fraction of sp³-hybridized carbons (Fsp3) is 0.600. The number of rotatable bonds is 2. The van der Waals surface area contributed by atoms with Gasteiger partial charge in [-0.1, -0.05) is 0 Å². The molecule has 0 atom stereocenters. The van der Waals surface area contributed by atoms with Crippen molar-refractivity contribution in [3.63, 3.8) is 0 Å². The topological polar surface area (TPSA) is 95.6 Å². The number of tetrazole rings is 1. The number of hydrogen-bond donors (Lipinski definition) is 3. The summed E-state index contributed by atoms with van der Waals surface area (Å²) in [7, 11) is 0. The van der Waals surface area contributed by atoms with E-state index >= 15 is 0 Å². The van der Waals surface area contributed by atoms with Gasteiger partial charge in [0.1, 0.15) is 0 Å². The predicted octanol–water partition coefficient (Wildman–Crippen LogP) is -2.10. The van der Waals surface area contributed by atoms with Crippen molar-refractivity contribution in [3.8, 4) is 0 Å². The Bertz CT molecular complexity index is 265. The lowest BCUT2D eigenvalue weighted by molar-refractivity contribution is 0.0913. The van der Waals surface area contributed by atoms with Crippen LogP contribution < -0.4 is 10.6 Å². The third-order valence-electron chi connectivity index (χ3n) is 1.67. The van der Waals surface area contributed by atoms with Crippen LogP contribution in [0.25, 0.3) is 0 Å². The number of hydrogen-bond acceptors (Lipinski definition) is 5. The average molecular weight is 168 g/mol. The van der Waals surface area contributed by atoms with E-state index in [2.05, 4.69) is 31.3 Å². The first-order chi connectivity index (χ1) is 5.86. The van der Waals surface area contributed by atoms with Crippen LogP contribution in [-0.2, 0) is 0 Å². The SMILES string of the molecule is O=C(NC1CNC1)c1nn[nH]n1. The third kappa shape index (κ3) is 1.26. The van der Waals surface area contributed by atoms with Crippen molar-refractivity contribution >= 4 is 5.91 Å². The van der Waals surface area contributed by atoms with Gasteiger partial charge in [-0.2, -0.15) is 5.21 Å². The van der Waals surface area contributed by atoms with Crippen LogP contribution >= 0.6 is 0 Å². The molecule has 3 N–H and O–H groups in total. The molecule has 7 nitrogen and oxygen atoms in total. The molecule has 0 spiro atoms. The van der Waals surface area contributed by atoms with E-state index in [-0.39, 0.29) is 17.8 Å². The van der Waals surface area contributed by atoms with Gasteiger partial charge in [0.25, 0.3) is 11.7 Å². The number of nitrogens with one attached hydrogen (secondary N) is 3. The minimum absolute atomic E-state index is 0.0851. The maximum atomic E-state index is 11.2. The quantitative estimate of drug-likeness (QED) is 0.470. The van der Waals surface area contributed by atoms with Gasteiger partial charge in [-0.15, -0.1) is 10.2 Å². The Labute approximate surface area is 67.9 Å². The molecule has 12 heavy (non-hydrogen) atoms. The number of nitrogens with zero attached hydrogens (tertiary/aromatic N) is 3. The smallest absolute Gasteiger partial charge is 0.293 e. The molecule has 1 fully saturated rings. The molecule has 2 heterocycles. The molecule has 0 radical (unpaired) electrons. The van der Waals surface area contributed by atoms with Crippen LogP contribution in [0.3, 0.4) is 0 Å². The molecule has 7 heteroatoms. The predicted molar refractivity (Wildman–Crippen MR) is 38.3 cm³/mol. The number of carbonyl (C=O) groups excluding carboxylic acids is 1. The Morgan fingerprint density at radius 1 is 1.58 bits per heavy atom. The summed E-state index contributed by atoms with van der Waals surface area (Å²) in [6, 6.07) is 0.205. The highest BCUT2D eigenvalue weighted by Gasteiger charge is 2.21. The van der Waals surface area contributed by atoms with Gasteiger partial charge in [-0.3, -0.25) is 4.79 Å². The van der Waals surface area contributed by atoms with E-state index < -0.39 is 0 Å². The fourth-order valence-corrected chi connectivity index (χ4v) is 0.899. The molecular formula is C5H8N6O. The van der Waals surface area contributed by atoms with E-state index in [1.54, 1.807) is 0 Å². The average Bonchev–Trinajstić information content (AvgIpc) is 2.47. The van der Waals surface area contributed by atoms with E-state index in [0.29, 0.717) is 0 Å². The van der Waals surface area contributed by atoms with Crippen LogP contribution in [0.5, 0.6) is 0 Å². The molecule has 1 aromatic rings.